The molecule has 1 aromatic carbocycles. The van der Waals surface area contributed by atoms with Crippen molar-refractivity contribution in [2.24, 2.45) is 5.92 Å². The maximum atomic E-state index is 3.68. The smallest absolute Gasteiger partial charge is 0.0351 e. The molecule has 0 saturated heterocycles. The quantitative estimate of drug-likeness (QED) is 0.808. The Hall–Kier alpha value is -0.820. The number of hydrogen-bond acceptors (Lipinski definition) is 1. The summed E-state index contributed by atoms with van der Waals surface area (Å²) in [6, 6.07) is 9.40. The first-order valence-corrected chi connectivity index (χ1v) is 6.62. The van der Waals surface area contributed by atoms with E-state index in [2.05, 4.69) is 43.4 Å². The van der Waals surface area contributed by atoms with Gasteiger partial charge in [0.25, 0.3) is 0 Å². The molecule has 0 amide bonds. The molecule has 2 rings (SSSR count). The Morgan fingerprint density at radius 2 is 1.94 bits per heavy atom. The van der Waals surface area contributed by atoms with E-state index in [0.717, 1.165) is 12.5 Å². The van der Waals surface area contributed by atoms with Gasteiger partial charge < -0.3 is 5.32 Å². The topological polar surface area (TPSA) is 12.0 Å². The zero-order chi connectivity index (χ0) is 11.4. The third-order valence-electron chi connectivity index (χ3n) is 3.82. The molecule has 1 heteroatoms. The second-order valence-electron chi connectivity index (χ2n) is 4.94. The Balaban J connectivity index is 2.21. The molecule has 1 N–H and O–H groups in total. The minimum Gasteiger partial charge on any atom is -0.310 e. The van der Waals surface area contributed by atoms with Crippen molar-refractivity contribution in [3.05, 3.63) is 35.4 Å². The zero-order valence-electron chi connectivity index (χ0n) is 10.5. The first kappa shape index (κ1) is 11.7. The highest BCUT2D eigenvalue weighted by molar-refractivity contribution is 5.29. The molecular weight excluding hydrogens is 194 g/mol. The summed E-state index contributed by atoms with van der Waals surface area (Å²) in [5.74, 6) is 0.848. The molecule has 1 aliphatic carbocycles. The van der Waals surface area contributed by atoms with Crippen molar-refractivity contribution in [3.63, 3.8) is 0 Å². The molecule has 0 bridgehead atoms. The average molecular weight is 217 g/mol. The molecule has 0 aromatic heterocycles. The van der Waals surface area contributed by atoms with E-state index in [4.69, 9.17) is 0 Å². The number of rotatable bonds is 4. The zero-order valence-corrected chi connectivity index (χ0v) is 10.5. The summed E-state index contributed by atoms with van der Waals surface area (Å²) < 4.78 is 0. The minimum atomic E-state index is 0.578. The van der Waals surface area contributed by atoms with Crippen molar-refractivity contribution < 1.29 is 0 Å². The maximum Gasteiger partial charge on any atom is 0.0351 e. The summed E-state index contributed by atoms with van der Waals surface area (Å²) in [5, 5.41) is 3.68. The highest BCUT2D eigenvalue weighted by Gasteiger charge is 2.26. The number of benzene rings is 1. The van der Waals surface area contributed by atoms with Crippen molar-refractivity contribution in [3.8, 4) is 0 Å². The summed E-state index contributed by atoms with van der Waals surface area (Å²) >= 11 is 0. The van der Waals surface area contributed by atoms with Crippen LogP contribution in [0.2, 0.25) is 0 Å². The van der Waals surface area contributed by atoms with Gasteiger partial charge in [-0.25, -0.2) is 0 Å². The Kier molecular flexibility index (Phi) is 4.00. The summed E-state index contributed by atoms with van der Waals surface area (Å²) in [6.07, 6.45) is 5.62. The van der Waals surface area contributed by atoms with Crippen LogP contribution in [-0.2, 0) is 0 Å². The van der Waals surface area contributed by atoms with E-state index in [9.17, 15) is 0 Å². The molecule has 1 nitrogen and oxygen atoms in total. The molecule has 1 aromatic rings. The fourth-order valence-electron chi connectivity index (χ4n) is 2.98. The lowest BCUT2D eigenvalue weighted by Gasteiger charge is -2.26. The van der Waals surface area contributed by atoms with Crippen molar-refractivity contribution in [1.82, 2.24) is 5.32 Å². The van der Waals surface area contributed by atoms with Gasteiger partial charge in [0.05, 0.1) is 0 Å². The van der Waals surface area contributed by atoms with Crippen LogP contribution in [0.5, 0.6) is 0 Å². The van der Waals surface area contributed by atoms with Gasteiger partial charge in [-0.3, -0.25) is 0 Å². The largest absolute Gasteiger partial charge is 0.310 e. The monoisotopic (exact) mass is 217 g/mol. The summed E-state index contributed by atoms with van der Waals surface area (Å²) in [7, 11) is 0. The van der Waals surface area contributed by atoms with Crippen LogP contribution in [0, 0.1) is 12.8 Å². The first-order chi connectivity index (χ1) is 7.83. The Morgan fingerprint density at radius 1 is 1.25 bits per heavy atom. The van der Waals surface area contributed by atoms with Crippen molar-refractivity contribution in [2.45, 2.75) is 45.6 Å². The van der Waals surface area contributed by atoms with Crippen LogP contribution in [0.3, 0.4) is 0 Å². The molecule has 1 atom stereocenters. The second kappa shape index (κ2) is 5.49. The summed E-state index contributed by atoms with van der Waals surface area (Å²) in [5.41, 5.74) is 2.94. The molecule has 1 unspecified atom stereocenters. The predicted octanol–water partition coefficient (Wildman–Crippen LogP) is 3.84. The maximum absolute atomic E-state index is 3.68. The van der Waals surface area contributed by atoms with Gasteiger partial charge in [0, 0.05) is 6.04 Å². The van der Waals surface area contributed by atoms with Crippen LogP contribution in [0.25, 0.3) is 0 Å². The molecule has 1 fully saturated rings. The normalized spacial score (nSPS) is 18.9. The number of aryl methyl sites for hydroxylation is 1. The molecule has 0 heterocycles. The van der Waals surface area contributed by atoms with Gasteiger partial charge in [-0.05, 0) is 43.4 Å². The fourth-order valence-corrected chi connectivity index (χ4v) is 2.98. The van der Waals surface area contributed by atoms with Gasteiger partial charge in [0.1, 0.15) is 0 Å². The number of nitrogens with one attached hydrogen (secondary N) is 1. The molecule has 0 radical (unpaired) electrons. The average Bonchev–Trinajstić information content (AvgIpc) is 2.80. The number of hydrogen-bond donors (Lipinski definition) is 1. The van der Waals surface area contributed by atoms with Crippen LogP contribution in [0.15, 0.2) is 24.3 Å². The molecule has 0 aliphatic heterocycles. The van der Waals surface area contributed by atoms with E-state index >= 15 is 0 Å². The van der Waals surface area contributed by atoms with E-state index in [-0.39, 0.29) is 0 Å². The van der Waals surface area contributed by atoms with E-state index in [0.29, 0.717) is 6.04 Å². The van der Waals surface area contributed by atoms with Gasteiger partial charge in [-0.2, -0.15) is 0 Å². The van der Waals surface area contributed by atoms with Gasteiger partial charge in [-0.1, -0.05) is 44.0 Å². The highest BCUT2D eigenvalue weighted by Crippen LogP contribution is 2.36. The van der Waals surface area contributed by atoms with Gasteiger partial charge in [-0.15, -0.1) is 0 Å². The van der Waals surface area contributed by atoms with Crippen LogP contribution >= 0.6 is 0 Å². The van der Waals surface area contributed by atoms with E-state index < -0.39 is 0 Å². The molecule has 1 aliphatic rings. The van der Waals surface area contributed by atoms with Gasteiger partial charge >= 0.3 is 0 Å². The lowest BCUT2D eigenvalue weighted by atomic mass is 9.89. The fraction of sp³-hybridized carbons (Fsp3) is 0.600. The second-order valence-corrected chi connectivity index (χ2v) is 4.94. The van der Waals surface area contributed by atoms with Crippen molar-refractivity contribution >= 4 is 0 Å². The van der Waals surface area contributed by atoms with E-state index in [1.807, 2.05) is 0 Å². The van der Waals surface area contributed by atoms with Crippen molar-refractivity contribution in [2.75, 3.05) is 6.54 Å². The van der Waals surface area contributed by atoms with Gasteiger partial charge in [0.15, 0.2) is 0 Å². The molecule has 16 heavy (non-hydrogen) atoms. The summed E-state index contributed by atoms with van der Waals surface area (Å²) in [4.78, 5) is 0. The lowest BCUT2D eigenvalue weighted by Crippen LogP contribution is -2.27. The van der Waals surface area contributed by atoms with Gasteiger partial charge in [0.2, 0.25) is 0 Å². The molecular formula is C15H23N. The lowest BCUT2D eigenvalue weighted by molar-refractivity contribution is 0.373. The van der Waals surface area contributed by atoms with Crippen LogP contribution < -0.4 is 5.32 Å². The SMILES string of the molecule is CCNC(c1ccccc1C)C1CCCC1. The highest BCUT2D eigenvalue weighted by atomic mass is 14.9. The third-order valence-corrected chi connectivity index (χ3v) is 3.82. The van der Waals surface area contributed by atoms with E-state index in [1.54, 1.807) is 0 Å². The minimum absolute atomic E-state index is 0.578. The van der Waals surface area contributed by atoms with Crippen molar-refractivity contribution in [1.29, 1.82) is 0 Å². The predicted molar refractivity (Wildman–Crippen MR) is 69.6 cm³/mol. The third kappa shape index (κ3) is 2.46. The van der Waals surface area contributed by atoms with Crippen LogP contribution in [-0.4, -0.2) is 6.54 Å². The van der Waals surface area contributed by atoms with Crippen LogP contribution in [0.4, 0.5) is 0 Å². The Morgan fingerprint density at radius 3 is 2.56 bits per heavy atom. The van der Waals surface area contributed by atoms with E-state index in [1.165, 1.54) is 36.8 Å². The van der Waals surface area contributed by atoms with Crippen LogP contribution in [0.1, 0.15) is 49.8 Å². The molecule has 1 saturated carbocycles. The standard InChI is InChI=1S/C15H23N/c1-3-16-15(13-9-5-6-10-13)14-11-7-4-8-12(14)2/h4,7-8,11,13,15-16H,3,5-6,9-10H2,1-2H3. The summed E-state index contributed by atoms with van der Waals surface area (Å²) in [6.45, 7) is 5.50. The first-order valence-electron chi connectivity index (χ1n) is 6.62. The molecule has 0 spiro atoms. The Labute approximate surface area is 99.3 Å². The molecule has 88 valence electrons. The Bertz CT molecular complexity index is 326.